The standard InChI is InChI=1S/C17H22N8O.C2HF3O2/c1-13-9-20-25(10-13)17-8-16(18-12-19-17)23-5-2-15(3-6-23)24-11-14(4-7-26)21-22-24;3-2(4,5)1(6)7/h8-12,15,26H,2-7H2,1H3;(H,6,7). The molecule has 3 aromatic rings. The van der Waals surface area contributed by atoms with Crippen molar-refractivity contribution < 1.29 is 28.2 Å². The van der Waals surface area contributed by atoms with Gasteiger partial charge in [0.05, 0.1) is 17.9 Å². The van der Waals surface area contributed by atoms with Crippen molar-refractivity contribution in [3.63, 3.8) is 0 Å². The van der Waals surface area contributed by atoms with Crippen LogP contribution in [-0.2, 0) is 11.2 Å². The van der Waals surface area contributed by atoms with Crippen LogP contribution in [-0.4, -0.2) is 76.8 Å². The number of carboxylic acid groups (broad SMARTS) is 1. The Morgan fingerprint density at radius 2 is 1.85 bits per heavy atom. The number of aliphatic carboxylic acids is 1. The Bertz CT molecular complexity index is 1060. The summed E-state index contributed by atoms with van der Waals surface area (Å²) in [5.41, 5.74) is 1.93. The summed E-state index contributed by atoms with van der Waals surface area (Å²) in [5.74, 6) is -1.07. The van der Waals surface area contributed by atoms with E-state index in [1.54, 1.807) is 11.0 Å². The number of carboxylic acids is 1. The average Bonchev–Trinajstić information content (AvgIpc) is 3.43. The van der Waals surface area contributed by atoms with Gasteiger partial charge in [-0.2, -0.15) is 18.3 Å². The van der Waals surface area contributed by atoms with Crippen molar-refractivity contribution in [2.24, 2.45) is 0 Å². The number of nitrogens with zero attached hydrogens (tertiary/aromatic N) is 8. The smallest absolute Gasteiger partial charge is 0.475 e. The molecule has 4 rings (SSSR count). The van der Waals surface area contributed by atoms with Crippen LogP contribution < -0.4 is 4.90 Å². The third-order valence-corrected chi connectivity index (χ3v) is 4.92. The van der Waals surface area contributed by atoms with Crippen molar-refractivity contribution in [1.29, 1.82) is 0 Å². The summed E-state index contributed by atoms with van der Waals surface area (Å²) in [7, 11) is 0. The van der Waals surface area contributed by atoms with Gasteiger partial charge < -0.3 is 15.1 Å². The first-order valence-corrected chi connectivity index (χ1v) is 10.1. The van der Waals surface area contributed by atoms with Crippen LogP contribution in [0.5, 0.6) is 0 Å². The molecule has 33 heavy (non-hydrogen) atoms. The van der Waals surface area contributed by atoms with Gasteiger partial charge in [0.1, 0.15) is 12.1 Å². The molecule has 0 unspecified atom stereocenters. The van der Waals surface area contributed by atoms with E-state index in [2.05, 4.69) is 30.3 Å². The van der Waals surface area contributed by atoms with Gasteiger partial charge in [-0.25, -0.2) is 24.1 Å². The molecule has 1 aliphatic heterocycles. The first kappa shape index (κ1) is 24.1. The van der Waals surface area contributed by atoms with E-state index in [4.69, 9.17) is 15.0 Å². The number of piperidine rings is 1. The van der Waals surface area contributed by atoms with Gasteiger partial charge in [-0.15, -0.1) is 5.10 Å². The normalized spacial score (nSPS) is 14.6. The molecule has 0 amide bonds. The van der Waals surface area contributed by atoms with Crippen LogP contribution in [0.4, 0.5) is 19.0 Å². The van der Waals surface area contributed by atoms with Crippen LogP contribution in [0.2, 0.25) is 0 Å². The van der Waals surface area contributed by atoms with E-state index in [0.29, 0.717) is 12.5 Å². The number of rotatable bonds is 5. The highest BCUT2D eigenvalue weighted by atomic mass is 19.4. The fourth-order valence-electron chi connectivity index (χ4n) is 3.25. The first-order chi connectivity index (χ1) is 15.7. The Balaban J connectivity index is 0.000000383. The number of carbonyl (C=O) groups is 1. The van der Waals surface area contributed by atoms with E-state index in [0.717, 1.165) is 48.8 Å². The Morgan fingerprint density at radius 1 is 1.18 bits per heavy atom. The van der Waals surface area contributed by atoms with Crippen molar-refractivity contribution in [2.45, 2.75) is 38.4 Å². The minimum atomic E-state index is -5.08. The van der Waals surface area contributed by atoms with Crippen LogP contribution in [0.25, 0.3) is 5.82 Å². The summed E-state index contributed by atoms with van der Waals surface area (Å²) < 4.78 is 35.4. The van der Waals surface area contributed by atoms with Gasteiger partial charge in [0.15, 0.2) is 5.82 Å². The summed E-state index contributed by atoms with van der Waals surface area (Å²) in [6, 6.07) is 2.31. The monoisotopic (exact) mass is 468 g/mol. The second kappa shape index (κ2) is 10.4. The molecular weight excluding hydrogens is 445 g/mol. The Morgan fingerprint density at radius 3 is 2.42 bits per heavy atom. The number of hydrogen-bond acceptors (Lipinski definition) is 8. The molecule has 11 nitrogen and oxygen atoms in total. The Kier molecular flexibility index (Phi) is 7.58. The van der Waals surface area contributed by atoms with Crippen LogP contribution in [0.3, 0.4) is 0 Å². The molecule has 4 heterocycles. The molecule has 14 heteroatoms. The number of aryl methyl sites for hydroxylation is 1. The zero-order valence-corrected chi connectivity index (χ0v) is 17.7. The highest BCUT2D eigenvalue weighted by molar-refractivity contribution is 5.73. The van der Waals surface area contributed by atoms with Crippen molar-refractivity contribution in [1.82, 2.24) is 34.7 Å². The Labute approximate surface area is 186 Å². The van der Waals surface area contributed by atoms with Crippen molar-refractivity contribution in [2.75, 3.05) is 24.6 Å². The van der Waals surface area contributed by atoms with Crippen molar-refractivity contribution >= 4 is 11.8 Å². The number of aromatic nitrogens is 7. The number of halogens is 3. The predicted octanol–water partition coefficient (Wildman–Crippen LogP) is 1.57. The summed E-state index contributed by atoms with van der Waals surface area (Å²) in [4.78, 5) is 19.9. The van der Waals surface area contributed by atoms with Gasteiger partial charge in [-0.3, -0.25) is 0 Å². The number of aliphatic hydroxyl groups is 1. The molecule has 0 radical (unpaired) electrons. The first-order valence-electron chi connectivity index (χ1n) is 10.1. The largest absolute Gasteiger partial charge is 0.490 e. The van der Waals surface area contributed by atoms with E-state index in [1.165, 1.54) is 0 Å². The van der Waals surface area contributed by atoms with E-state index >= 15 is 0 Å². The highest BCUT2D eigenvalue weighted by Gasteiger charge is 2.38. The summed E-state index contributed by atoms with van der Waals surface area (Å²) in [6.45, 7) is 3.90. The summed E-state index contributed by atoms with van der Waals surface area (Å²) >= 11 is 0. The van der Waals surface area contributed by atoms with Gasteiger partial charge in [0, 0.05) is 44.6 Å². The average molecular weight is 468 g/mol. The molecule has 0 aromatic carbocycles. The quantitative estimate of drug-likeness (QED) is 0.572. The predicted molar refractivity (Wildman–Crippen MR) is 109 cm³/mol. The fraction of sp³-hybridized carbons (Fsp3) is 0.474. The molecule has 3 aromatic heterocycles. The SMILES string of the molecule is Cc1cnn(-c2cc(N3CCC(n4cc(CCO)nn4)CC3)ncn2)c1.O=C(O)C(F)(F)F. The molecule has 178 valence electrons. The van der Waals surface area contributed by atoms with E-state index in [9.17, 15) is 13.2 Å². The topological polar surface area (TPSA) is 135 Å². The maximum Gasteiger partial charge on any atom is 0.490 e. The third-order valence-electron chi connectivity index (χ3n) is 4.92. The number of hydrogen-bond donors (Lipinski definition) is 2. The molecule has 1 aliphatic rings. The van der Waals surface area contributed by atoms with Gasteiger partial charge in [-0.05, 0) is 25.3 Å². The van der Waals surface area contributed by atoms with Crippen molar-refractivity contribution in [3.05, 3.63) is 42.2 Å². The minimum absolute atomic E-state index is 0.100. The summed E-state index contributed by atoms with van der Waals surface area (Å²) in [5, 5.41) is 28.8. The molecule has 0 bridgehead atoms. The van der Waals surface area contributed by atoms with Crippen LogP contribution in [0, 0.1) is 6.92 Å². The fourth-order valence-corrected chi connectivity index (χ4v) is 3.25. The lowest BCUT2D eigenvalue weighted by Crippen LogP contribution is -2.35. The molecule has 0 aliphatic carbocycles. The van der Waals surface area contributed by atoms with Gasteiger partial charge in [-0.1, -0.05) is 5.21 Å². The van der Waals surface area contributed by atoms with Crippen LogP contribution in [0.1, 0.15) is 30.1 Å². The maximum absolute atomic E-state index is 10.6. The molecular formula is C19H23F3N8O3. The minimum Gasteiger partial charge on any atom is -0.475 e. The second-order valence-electron chi connectivity index (χ2n) is 7.38. The van der Waals surface area contributed by atoms with Crippen LogP contribution >= 0.6 is 0 Å². The lowest BCUT2D eigenvalue weighted by Gasteiger charge is -2.32. The molecule has 2 N–H and O–H groups in total. The maximum atomic E-state index is 10.6. The zero-order chi connectivity index (χ0) is 24.0. The van der Waals surface area contributed by atoms with Crippen LogP contribution in [0.15, 0.2) is 31.0 Å². The second-order valence-corrected chi connectivity index (χ2v) is 7.38. The van der Waals surface area contributed by atoms with Gasteiger partial charge in [0.25, 0.3) is 0 Å². The van der Waals surface area contributed by atoms with E-state index in [-0.39, 0.29) is 6.61 Å². The van der Waals surface area contributed by atoms with E-state index in [1.807, 2.05) is 36.3 Å². The molecule has 1 saturated heterocycles. The van der Waals surface area contributed by atoms with Crippen molar-refractivity contribution in [3.8, 4) is 5.82 Å². The highest BCUT2D eigenvalue weighted by Crippen LogP contribution is 2.25. The number of anilines is 1. The molecule has 0 spiro atoms. The Hall–Kier alpha value is -3.55. The number of alkyl halides is 3. The van der Waals surface area contributed by atoms with E-state index < -0.39 is 12.1 Å². The lowest BCUT2D eigenvalue weighted by molar-refractivity contribution is -0.192. The molecule has 0 atom stereocenters. The third kappa shape index (κ3) is 6.47. The zero-order valence-electron chi connectivity index (χ0n) is 17.7. The lowest BCUT2D eigenvalue weighted by atomic mass is 10.1. The molecule has 0 saturated carbocycles. The van der Waals surface area contributed by atoms with Gasteiger partial charge >= 0.3 is 12.1 Å². The molecule has 1 fully saturated rings. The number of aliphatic hydroxyl groups excluding tert-OH is 1. The van der Waals surface area contributed by atoms with Gasteiger partial charge in [0.2, 0.25) is 0 Å². The summed E-state index contributed by atoms with van der Waals surface area (Å²) in [6.07, 6.45) is 4.72.